The summed E-state index contributed by atoms with van der Waals surface area (Å²) in [5.41, 5.74) is 2.71. The Morgan fingerprint density at radius 3 is 3.00 bits per heavy atom. The highest BCUT2D eigenvalue weighted by atomic mass is 32.1. The van der Waals surface area contributed by atoms with Crippen molar-refractivity contribution in [3.63, 3.8) is 0 Å². The standard InChI is InChI=1S/C11H13N3O2S/c1-3-7(2)13-8-4-5-9-10(12-6-17-9)11(8)14(15)16/h4-7,13H,3H2,1-2H3. The Labute approximate surface area is 103 Å². The third-order valence-corrected chi connectivity index (χ3v) is 3.47. The lowest BCUT2D eigenvalue weighted by molar-refractivity contribution is -0.382. The molecule has 0 aliphatic heterocycles. The highest BCUT2D eigenvalue weighted by Crippen LogP contribution is 2.34. The predicted molar refractivity (Wildman–Crippen MR) is 69.7 cm³/mol. The monoisotopic (exact) mass is 251 g/mol. The van der Waals surface area contributed by atoms with Crippen LogP contribution in [0.3, 0.4) is 0 Å². The lowest BCUT2D eigenvalue weighted by Crippen LogP contribution is -2.14. The van der Waals surface area contributed by atoms with Crippen LogP contribution in [0.15, 0.2) is 17.6 Å². The molecule has 0 saturated heterocycles. The first kappa shape index (κ1) is 11.8. The van der Waals surface area contributed by atoms with Crippen LogP contribution in [0.4, 0.5) is 11.4 Å². The van der Waals surface area contributed by atoms with Crippen molar-refractivity contribution in [1.82, 2.24) is 4.98 Å². The summed E-state index contributed by atoms with van der Waals surface area (Å²) in [4.78, 5) is 14.8. The van der Waals surface area contributed by atoms with Gasteiger partial charge in [0, 0.05) is 6.04 Å². The number of anilines is 1. The molecule has 1 atom stereocenters. The van der Waals surface area contributed by atoms with Crippen molar-refractivity contribution in [2.45, 2.75) is 26.3 Å². The third-order valence-electron chi connectivity index (χ3n) is 2.67. The summed E-state index contributed by atoms with van der Waals surface area (Å²) in [5, 5.41) is 14.3. The molecule has 0 bridgehead atoms. The smallest absolute Gasteiger partial charge is 0.319 e. The summed E-state index contributed by atoms with van der Waals surface area (Å²) in [6.45, 7) is 4.03. The minimum absolute atomic E-state index is 0.0732. The Hall–Kier alpha value is -1.69. The maximum Gasteiger partial charge on any atom is 0.319 e. The predicted octanol–water partition coefficient (Wildman–Crippen LogP) is 3.41. The second kappa shape index (κ2) is 4.67. The van der Waals surface area contributed by atoms with Crippen LogP contribution in [0.5, 0.6) is 0 Å². The van der Waals surface area contributed by atoms with E-state index in [0.717, 1.165) is 11.1 Å². The quantitative estimate of drug-likeness (QED) is 0.667. The van der Waals surface area contributed by atoms with Crippen LogP contribution in [-0.4, -0.2) is 15.9 Å². The zero-order chi connectivity index (χ0) is 12.4. The van der Waals surface area contributed by atoms with Crippen LogP contribution < -0.4 is 5.32 Å². The maximum atomic E-state index is 11.1. The largest absolute Gasteiger partial charge is 0.377 e. The molecule has 0 amide bonds. The lowest BCUT2D eigenvalue weighted by atomic mass is 10.2. The number of nitrogens with one attached hydrogen (secondary N) is 1. The van der Waals surface area contributed by atoms with Gasteiger partial charge in [0.1, 0.15) is 5.69 Å². The second-order valence-electron chi connectivity index (χ2n) is 3.87. The van der Waals surface area contributed by atoms with E-state index in [-0.39, 0.29) is 16.7 Å². The minimum atomic E-state index is -0.368. The van der Waals surface area contributed by atoms with Crippen molar-refractivity contribution in [3.05, 3.63) is 27.8 Å². The fraction of sp³-hybridized carbons (Fsp3) is 0.364. The number of thiazole rings is 1. The van der Waals surface area contributed by atoms with E-state index in [4.69, 9.17) is 0 Å². The summed E-state index contributed by atoms with van der Waals surface area (Å²) in [5.74, 6) is 0. The van der Waals surface area contributed by atoms with E-state index in [2.05, 4.69) is 10.3 Å². The van der Waals surface area contributed by atoms with E-state index in [0.29, 0.717) is 11.2 Å². The Morgan fingerprint density at radius 2 is 2.35 bits per heavy atom. The van der Waals surface area contributed by atoms with E-state index in [1.165, 1.54) is 11.3 Å². The number of benzene rings is 1. The molecule has 2 rings (SSSR count). The Bertz CT molecular complexity index is 553. The number of rotatable bonds is 4. The van der Waals surface area contributed by atoms with E-state index in [1.807, 2.05) is 19.9 Å². The Balaban J connectivity index is 2.54. The number of hydrogen-bond donors (Lipinski definition) is 1. The van der Waals surface area contributed by atoms with Gasteiger partial charge in [0.15, 0.2) is 5.52 Å². The third kappa shape index (κ3) is 2.21. The van der Waals surface area contributed by atoms with E-state index in [1.54, 1.807) is 11.6 Å². The van der Waals surface area contributed by atoms with Crippen LogP contribution in [0.2, 0.25) is 0 Å². The summed E-state index contributed by atoms with van der Waals surface area (Å²) >= 11 is 1.41. The summed E-state index contributed by atoms with van der Waals surface area (Å²) < 4.78 is 0.839. The number of nitro benzene ring substituents is 1. The highest BCUT2D eigenvalue weighted by molar-refractivity contribution is 7.16. The molecular formula is C11H13N3O2S. The molecule has 1 aromatic heterocycles. The van der Waals surface area contributed by atoms with Crippen molar-refractivity contribution >= 4 is 32.9 Å². The maximum absolute atomic E-state index is 11.1. The molecule has 0 aliphatic rings. The summed E-state index contributed by atoms with van der Waals surface area (Å²) in [6.07, 6.45) is 0.909. The first-order valence-electron chi connectivity index (χ1n) is 5.40. The number of fused-ring (bicyclic) bond motifs is 1. The molecule has 6 heteroatoms. The summed E-state index contributed by atoms with van der Waals surface area (Å²) in [6, 6.07) is 3.82. The van der Waals surface area contributed by atoms with Crippen molar-refractivity contribution in [3.8, 4) is 0 Å². The van der Waals surface area contributed by atoms with Gasteiger partial charge in [-0.05, 0) is 25.5 Å². The second-order valence-corrected chi connectivity index (χ2v) is 4.76. The van der Waals surface area contributed by atoms with Gasteiger partial charge in [0.05, 0.1) is 15.1 Å². The van der Waals surface area contributed by atoms with Gasteiger partial charge in [-0.2, -0.15) is 0 Å². The van der Waals surface area contributed by atoms with Gasteiger partial charge in [-0.25, -0.2) is 4.98 Å². The molecular weight excluding hydrogens is 238 g/mol. The van der Waals surface area contributed by atoms with Crippen LogP contribution in [0.1, 0.15) is 20.3 Å². The Kier molecular flexibility index (Phi) is 3.23. The van der Waals surface area contributed by atoms with Crippen molar-refractivity contribution < 1.29 is 4.92 Å². The van der Waals surface area contributed by atoms with Gasteiger partial charge in [-0.1, -0.05) is 6.92 Å². The van der Waals surface area contributed by atoms with Gasteiger partial charge in [-0.3, -0.25) is 10.1 Å². The molecule has 90 valence electrons. The fourth-order valence-corrected chi connectivity index (χ4v) is 2.26. The molecule has 2 aromatic rings. The van der Waals surface area contributed by atoms with Gasteiger partial charge >= 0.3 is 5.69 Å². The molecule has 1 heterocycles. The van der Waals surface area contributed by atoms with Crippen molar-refractivity contribution in [1.29, 1.82) is 0 Å². The molecule has 1 N–H and O–H groups in total. The van der Waals surface area contributed by atoms with E-state index in [9.17, 15) is 10.1 Å². The molecule has 0 aliphatic carbocycles. The van der Waals surface area contributed by atoms with Crippen LogP contribution in [0, 0.1) is 10.1 Å². The average molecular weight is 251 g/mol. The number of hydrogen-bond acceptors (Lipinski definition) is 5. The SMILES string of the molecule is CCC(C)Nc1ccc2scnc2c1[N+](=O)[O-]. The lowest BCUT2D eigenvalue weighted by Gasteiger charge is -2.12. The van der Waals surface area contributed by atoms with Gasteiger partial charge in [0.25, 0.3) is 0 Å². The summed E-state index contributed by atoms with van der Waals surface area (Å²) in [7, 11) is 0. The zero-order valence-electron chi connectivity index (χ0n) is 9.64. The topological polar surface area (TPSA) is 68.1 Å². The molecule has 0 spiro atoms. The zero-order valence-corrected chi connectivity index (χ0v) is 10.5. The molecule has 17 heavy (non-hydrogen) atoms. The van der Waals surface area contributed by atoms with E-state index >= 15 is 0 Å². The van der Waals surface area contributed by atoms with Crippen LogP contribution in [0.25, 0.3) is 10.2 Å². The first-order chi connectivity index (χ1) is 8.13. The normalized spacial score (nSPS) is 12.6. The minimum Gasteiger partial charge on any atom is -0.377 e. The van der Waals surface area contributed by atoms with Crippen molar-refractivity contribution in [2.75, 3.05) is 5.32 Å². The number of nitrogens with zero attached hydrogens (tertiary/aromatic N) is 2. The fourth-order valence-electron chi connectivity index (χ4n) is 1.59. The van der Waals surface area contributed by atoms with E-state index < -0.39 is 0 Å². The Morgan fingerprint density at radius 1 is 1.59 bits per heavy atom. The number of nitro groups is 1. The van der Waals surface area contributed by atoms with Crippen molar-refractivity contribution in [2.24, 2.45) is 0 Å². The average Bonchev–Trinajstić information content (AvgIpc) is 2.75. The van der Waals surface area contributed by atoms with Crippen LogP contribution >= 0.6 is 11.3 Å². The molecule has 0 fully saturated rings. The molecule has 1 unspecified atom stereocenters. The first-order valence-corrected chi connectivity index (χ1v) is 6.28. The van der Waals surface area contributed by atoms with Gasteiger partial charge in [-0.15, -0.1) is 11.3 Å². The molecule has 1 aromatic carbocycles. The molecule has 5 nitrogen and oxygen atoms in total. The van der Waals surface area contributed by atoms with Gasteiger partial charge in [0.2, 0.25) is 0 Å². The van der Waals surface area contributed by atoms with Crippen LogP contribution in [-0.2, 0) is 0 Å². The molecule has 0 saturated carbocycles. The highest BCUT2D eigenvalue weighted by Gasteiger charge is 2.21. The molecule has 0 radical (unpaired) electrons. The number of aromatic nitrogens is 1. The van der Waals surface area contributed by atoms with Gasteiger partial charge < -0.3 is 5.32 Å².